The highest BCUT2D eigenvalue weighted by molar-refractivity contribution is 6.35. The Balaban J connectivity index is 2.60. The molecule has 0 fully saturated rings. The summed E-state index contributed by atoms with van der Waals surface area (Å²) in [5.41, 5.74) is 7.57. The van der Waals surface area contributed by atoms with Crippen LogP contribution in [0.2, 0.25) is 5.02 Å². The standard InChI is InChI=1S/C11H14ClN3O/c1-7(6-16-2)15-9-5-3-4-8(12)10(9)14-11(15)13/h3-5,7H,6H2,1-2H3,(H2,13,14). The van der Waals surface area contributed by atoms with E-state index in [4.69, 9.17) is 22.1 Å². The van der Waals surface area contributed by atoms with Gasteiger partial charge < -0.3 is 15.0 Å². The van der Waals surface area contributed by atoms with Gasteiger partial charge >= 0.3 is 0 Å². The number of benzene rings is 1. The van der Waals surface area contributed by atoms with Crippen LogP contribution in [0.15, 0.2) is 18.2 Å². The number of nitrogens with zero attached hydrogens (tertiary/aromatic N) is 2. The van der Waals surface area contributed by atoms with Gasteiger partial charge in [-0.3, -0.25) is 0 Å². The van der Waals surface area contributed by atoms with Crippen LogP contribution >= 0.6 is 11.6 Å². The first-order valence-electron chi connectivity index (χ1n) is 5.06. The molecule has 0 aliphatic carbocycles. The molecule has 2 aromatic rings. The Labute approximate surface area is 99.0 Å². The molecular formula is C11H14ClN3O. The number of rotatable bonds is 3. The van der Waals surface area contributed by atoms with Gasteiger partial charge in [-0.2, -0.15) is 0 Å². The fraction of sp³-hybridized carbons (Fsp3) is 0.364. The Bertz CT molecular complexity index is 509. The fourth-order valence-electron chi connectivity index (χ4n) is 1.88. The van der Waals surface area contributed by atoms with Crippen LogP contribution in [-0.4, -0.2) is 23.3 Å². The van der Waals surface area contributed by atoms with Crippen LogP contribution in [0.3, 0.4) is 0 Å². The van der Waals surface area contributed by atoms with Gasteiger partial charge in [-0.25, -0.2) is 4.98 Å². The lowest BCUT2D eigenvalue weighted by Gasteiger charge is -2.14. The van der Waals surface area contributed by atoms with Crippen molar-refractivity contribution in [1.29, 1.82) is 0 Å². The number of aromatic nitrogens is 2. The van der Waals surface area contributed by atoms with Crippen molar-refractivity contribution in [2.75, 3.05) is 19.5 Å². The Hall–Kier alpha value is -1.26. The van der Waals surface area contributed by atoms with E-state index in [9.17, 15) is 0 Å². The summed E-state index contributed by atoms with van der Waals surface area (Å²) in [5, 5.41) is 0.618. The third-order valence-electron chi connectivity index (χ3n) is 2.55. The molecule has 5 heteroatoms. The van der Waals surface area contributed by atoms with Crippen molar-refractivity contribution in [3.05, 3.63) is 23.2 Å². The minimum Gasteiger partial charge on any atom is -0.383 e. The summed E-state index contributed by atoms with van der Waals surface area (Å²) in [7, 11) is 1.67. The lowest BCUT2D eigenvalue weighted by molar-refractivity contribution is 0.164. The molecule has 16 heavy (non-hydrogen) atoms. The zero-order valence-electron chi connectivity index (χ0n) is 9.27. The molecule has 0 saturated heterocycles. The molecule has 1 unspecified atom stereocenters. The molecule has 0 amide bonds. The molecule has 1 heterocycles. The predicted octanol–water partition coefficient (Wildman–Crippen LogP) is 2.48. The monoisotopic (exact) mass is 239 g/mol. The summed E-state index contributed by atoms with van der Waals surface area (Å²) in [6.07, 6.45) is 0. The molecule has 86 valence electrons. The van der Waals surface area contributed by atoms with Gasteiger partial charge in [0.25, 0.3) is 0 Å². The number of fused-ring (bicyclic) bond motifs is 1. The largest absolute Gasteiger partial charge is 0.383 e. The molecule has 1 atom stereocenters. The molecule has 0 radical (unpaired) electrons. The highest BCUT2D eigenvalue weighted by Crippen LogP contribution is 2.27. The SMILES string of the molecule is COCC(C)n1c(N)nc2c(Cl)cccc21. The Morgan fingerprint density at radius 2 is 2.31 bits per heavy atom. The van der Waals surface area contributed by atoms with E-state index in [1.54, 1.807) is 7.11 Å². The van der Waals surface area contributed by atoms with Crippen molar-refractivity contribution in [2.24, 2.45) is 0 Å². The lowest BCUT2D eigenvalue weighted by atomic mass is 10.3. The number of hydrogen-bond donors (Lipinski definition) is 1. The summed E-state index contributed by atoms with van der Waals surface area (Å²) in [5.74, 6) is 0.465. The molecule has 0 spiro atoms. The minimum atomic E-state index is 0.133. The van der Waals surface area contributed by atoms with Crippen LogP contribution in [0.4, 0.5) is 5.95 Å². The lowest BCUT2D eigenvalue weighted by Crippen LogP contribution is -2.13. The maximum absolute atomic E-state index is 6.06. The van der Waals surface area contributed by atoms with Crippen LogP contribution in [0, 0.1) is 0 Å². The summed E-state index contributed by atoms with van der Waals surface area (Å²) >= 11 is 6.06. The Morgan fingerprint density at radius 1 is 1.56 bits per heavy atom. The highest BCUT2D eigenvalue weighted by Gasteiger charge is 2.15. The van der Waals surface area contributed by atoms with E-state index in [1.165, 1.54) is 0 Å². The summed E-state index contributed by atoms with van der Waals surface area (Å²) in [6.45, 7) is 2.62. The number of ether oxygens (including phenoxy) is 1. The van der Waals surface area contributed by atoms with E-state index in [1.807, 2.05) is 29.7 Å². The van der Waals surface area contributed by atoms with E-state index in [0.29, 0.717) is 17.6 Å². The maximum atomic E-state index is 6.06. The first-order valence-corrected chi connectivity index (χ1v) is 5.43. The van der Waals surface area contributed by atoms with E-state index in [2.05, 4.69) is 4.98 Å². The van der Waals surface area contributed by atoms with Crippen LogP contribution in [-0.2, 0) is 4.74 Å². The van der Waals surface area contributed by atoms with Gasteiger partial charge in [0, 0.05) is 7.11 Å². The van der Waals surface area contributed by atoms with Gasteiger partial charge in [-0.15, -0.1) is 0 Å². The number of para-hydroxylation sites is 1. The van der Waals surface area contributed by atoms with Gasteiger partial charge in [0.2, 0.25) is 5.95 Å². The zero-order valence-corrected chi connectivity index (χ0v) is 10.0. The molecule has 0 aliphatic heterocycles. The van der Waals surface area contributed by atoms with E-state index < -0.39 is 0 Å². The third-order valence-corrected chi connectivity index (χ3v) is 2.85. The van der Waals surface area contributed by atoms with Crippen molar-refractivity contribution in [1.82, 2.24) is 9.55 Å². The van der Waals surface area contributed by atoms with E-state index in [0.717, 1.165) is 11.0 Å². The third kappa shape index (κ3) is 1.74. The molecule has 1 aromatic heterocycles. The van der Waals surface area contributed by atoms with Gasteiger partial charge in [0.05, 0.1) is 23.2 Å². The van der Waals surface area contributed by atoms with E-state index in [-0.39, 0.29) is 6.04 Å². The number of nitrogens with two attached hydrogens (primary N) is 1. The topological polar surface area (TPSA) is 53.1 Å². The van der Waals surface area contributed by atoms with Gasteiger partial charge in [-0.05, 0) is 19.1 Å². The first-order chi connectivity index (χ1) is 7.65. The molecular weight excluding hydrogens is 226 g/mol. The number of anilines is 1. The van der Waals surface area contributed by atoms with E-state index >= 15 is 0 Å². The van der Waals surface area contributed by atoms with Crippen molar-refractivity contribution in [3.63, 3.8) is 0 Å². The second kappa shape index (κ2) is 4.31. The molecule has 0 saturated carbocycles. The summed E-state index contributed by atoms with van der Waals surface area (Å²) in [4.78, 5) is 4.27. The number of nitrogen functional groups attached to an aromatic ring is 1. The average molecular weight is 240 g/mol. The second-order valence-electron chi connectivity index (χ2n) is 3.75. The van der Waals surface area contributed by atoms with Crippen molar-refractivity contribution in [3.8, 4) is 0 Å². The predicted molar refractivity (Wildman–Crippen MR) is 65.7 cm³/mol. The van der Waals surface area contributed by atoms with Gasteiger partial charge in [0.1, 0.15) is 5.52 Å². The van der Waals surface area contributed by atoms with Crippen molar-refractivity contribution < 1.29 is 4.74 Å². The Kier molecular flexibility index (Phi) is 3.03. The van der Waals surface area contributed by atoms with Crippen LogP contribution < -0.4 is 5.73 Å². The van der Waals surface area contributed by atoms with Crippen molar-refractivity contribution in [2.45, 2.75) is 13.0 Å². The molecule has 2 N–H and O–H groups in total. The first kappa shape index (κ1) is 11.2. The van der Waals surface area contributed by atoms with Crippen molar-refractivity contribution >= 4 is 28.6 Å². The molecule has 0 aliphatic rings. The zero-order chi connectivity index (χ0) is 11.7. The van der Waals surface area contributed by atoms with Gasteiger partial charge in [-0.1, -0.05) is 17.7 Å². The maximum Gasteiger partial charge on any atom is 0.201 e. The summed E-state index contributed by atoms with van der Waals surface area (Å²) in [6, 6.07) is 5.79. The van der Waals surface area contributed by atoms with Crippen LogP contribution in [0.1, 0.15) is 13.0 Å². The smallest absolute Gasteiger partial charge is 0.201 e. The quantitative estimate of drug-likeness (QED) is 0.895. The van der Waals surface area contributed by atoms with Crippen LogP contribution in [0.5, 0.6) is 0 Å². The average Bonchev–Trinajstić information content (AvgIpc) is 2.56. The minimum absolute atomic E-state index is 0.133. The molecule has 2 rings (SSSR count). The van der Waals surface area contributed by atoms with Gasteiger partial charge in [0.15, 0.2) is 0 Å². The molecule has 4 nitrogen and oxygen atoms in total. The molecule has 1 aromatic carbocycles. The number of methoxy groups -OCH3 is 1. The molecule has 0 bridgehead atoms. The summed E-state index contributed by atoms with van der Waals surface area (Å²) < 4.78 is 7.06. The Morgan fingerprint density at radius 3 is 3.00 bits per heavy atom. The second-order valence-corrected chi connectivity index (χ2v) is 4.16. The highest BCUT2D eigenvalue weighted by atomic mass is 35.5. The number of imidazole rings is 1. The van der Waals surface area contributed by atoms with Crippen LogP contribution in [0.25, 0.3) is 11.0 Å². The fourth-order valence-corrected chi connectivity index (χ4v) is 2.09. The number of halogens is 1. The number of hydrogen-bond acceptors (Lipinski definition) is 3. The normalized spacial score (nSPS) is 13.2.